The summed E-state index contributed by atoms with van der Waals surface area (Å²) in [5, 5.41) is 2.70. The summed E-state index contributed by atoms with van der Waals surface area (Å²) < 4.78 is 2.13. The normalized spacial score (nSPS) is 14.6. The second-order valence-electron chi connectivity index (χ2n) is 8.17. The summed E-state index contributed by atoms with van der Waals surface area (Å²) in [5.41, 5.74) is 6.83. The fraction of sp³-hybridized carbons (Fsp3) is 0.231. The van der Waals surface area contributed by atoms with Crippen LogP contribution in [0.5, 0.6) is 0 Å². The minimum Gasteiger partial charge on any atom is -0.341 e. The summed E-state index contributed by atoms with van der Waals surface area (Å²) in [5.74, 6) is 0. The molecule has 0 bridgehead atoms. The van der Waals surface area contributed by atoms with Crippen LogP contribution in [0, 0.1) is 0 Å². The van der Waals surface area contributed by atoms with Crippen LogP contribution in [0.2, 0.25) is 0 Å². The number of carbonyl (C=O) groups excluding carboxylic acids is 1. The Balaban J connectivity index is 1.27. The second-order valence-corrected chi connectivity index (χ2v) is 8.17. The molecule has 2 aromatic carbocycles. The summed E-state index contributed by atoms with van der Waals surface area (Å²) in [6.45, 7) is 4.24. The standard InChI is InChI=1S/C26H27N5O/c1-27-26(32)30-15-13-29(14-16-30)19-20-7-9-21(10-8-20)23-11-12-31-24(18-28-25(31)17-23)22-5-3-2-4-6-22/h2-12,17-18H,13-16,19H2,1H3,(H,27,32). The Labute approximate surface area is 188 Å². The minimum absolute atomic E-state index is 0.0133. The number of aromatic nitrogens is 2. The molecule has 0 aliphatic carbocycles. The average molecular weight is 426 g/mol. The molecule has 0 unspecified atom stereocenters. The number of carbonyl (C=O) groups is 1. The third kappa shape index (κ3) is 4.09. The molecule has 0 atom stereocenters. The van der Waals surface area contributed by atoms with Crippen LogP contribution in [0.4, 0.5) is 4.79 Å². The van der Waals surface area contributed by atoms with Crippen molar-refractivity contribution in [2.24, 2.45) is 0 Å². The van der Waals surface area contributed by atoms with E-state index in [9.17, 15) is 4.79 Å². The first-order valence-corrected chi connectivity index (χ1v) is 11.0. The number of fused-ring (bicyclic) bond motifs is 1. The van der Waals surface area contributed by atoms with Crippen LogP contribution in [-0.2, 0) is 6.54 Å². The van der Waals surface area contributed by atoms with Gasteiger partial charge in [0.05, 0.1) is 11.9 Å². The highest BCUT2D eigenvalue weighted by Gasteiger charge is 2.20. The highest BCUT2D eigenvalue weighted by molar-refractivity contribution is 5.74. The maximum atomic E-state index is 11.7. The van der Waals surface area contributed by atoms with Gasteiger partial charge in [-0.1, -0.05) is 54.6 Å². The fourth-order valence-corrected chi connectivity index (χ4v) is 4.31. The number of benzene rings is 2. The van der Waals surface area contributed by atoms with E-state index in [1.165, 1.54) is 11.1 Å². The van der Waals surface area contributed by atoms with E-state index in [4.69, 9.17) is 0 Å². The molecule has 4 aromatic rings. The number of hydrogen-bond acceptors (Lipinski definition) is 3. The van der Waals surface area contributed by atoms with Crippen LogP contribution in [0.15, 0.2) is 79.1 Å². The topological polar surface area (TPSA) is 52.9 Å². The summed E-state index contributed by atoms with van der Waals surface area (Å²) >= 11 is 0. The van der Waals surface area contributed by atoms with Gasteiger partial charge in [-0.05, 0) is 28.8 Å². The number of rotatable bonds is 4. The molecule has 1 aliphatic rings. The second kappa shape index (κ2) is 8.85. The first-order chi connectivity index (χ1) is 15.7. The van der Waals surface area contributed by atoms with E-state index in [0.717, 1.165) is 55.2 Å². The van der Waals surface area contributed by atoms with Crippen LogP contribution >= 0.6 is 0 Å². The molecule has 3 heterocycles. The molecule has 32 heavy (non-hydrogen) atoms. The van der Waals surface area contributed by atoms with E-state index >= 15 is 0 Å². The SMILES string of the molecule is CNC(=O)N1CCN(Cc2ccc(-c3ccn4c(-c5ccccc5)cnc4c3)cc2)CC1. The fourth-order valence-electron chi connectivity index (χ4n) is 4.31. The van der Waals surface area contributed by atoms with E-state index in [-0.39, 0.29) is 6.03 Å². The molecule has 1 N–H and O–H groups in total. The zero-order chi connectivity index (χ0) is 21.9. The third-order valence-corrected chi connectivity index (χ3v) is 6.15. The smallest absolute Gasteiger partial charge is 0.317 e. The number of urea groups is 1. The molecule has 6 heteroatoms. The van der Waals surface area contributed by atoms with E-state index in [2.05, 4.69) is 74.3 Å². The molecule has 5 rings (SSSR count). The van der Waals surface area contributed by atoms with Gasteiger partial charge in [0.2, 0.25) is 0 Å². The van der Waals surface area contributed by atoms with Crippen molar-refractivity contribution in [3.05, 3.63) is 84.7 Å². The lowest BCUT2D eigenvalue weighted by atomic mass is 10.0. The molecule has 0 spiro atoms. The van der Waals surface area contributed by atoms with Crippen LogP contribution in [-0.4, -0.2) is 58.4 Å². The summed E-state index contributed by atoms with van der Waals surface area (Å²) in [6.07, 6.45) is 4.03. The Morgan fingerprint density at radius 3 is 2.38 bits per heavy atom. The molecule has 6 nitrogen and oxygen atoms in total. The molecule has 162 valence electrons. The number of amides is 2. The lowest BCUT2D eigenvalue weighted by molar-refractivity contribution is 0.136. The predicted molar refractivity (Wildman–Crippen MR) is 127 cm³/mol. The first kappa shape index (κ1) is 20.3. The number of piperazine rings is 1. The molecule has 2 amide bonds. The van der Waals surface area contributed by atoms with E-state index < -0.39 is 0 Å². The summed E-state index contributed by atoms with van der Waals surface area (Å²) in [7, 11) is 1.68. The lowest BCUT2D eigenvalue weighted by Crippen LogP contribution is -2.50. The summed E-state index contributed by atoms with van der Waals surface area (Å²) in [6, 6.07) is 23.4. The number of nitrogens with zero attached hydrogens (tertiary/aromatic N) is 4. The molecule has 1 saturated heterocycles. The van der Waals surface area contributed by atoms with Crippen LogP contribution in [0.1, 0.15) is 5.56 Å². The highest BCUT2D eigenvalue weighted by Crippen LogP contribution is 2.25. The van der Waals surface area contributed by atoms with Gasteiger partial charge in [-0.2, -0.15) is 0 Å². The molecule has 0 radical (unpaired) electrons. The first-order valence-electron chi connectivity index (χ1n) is 11.0. The maximum Gasteiger partial charge on any atom is 0.317 e. The third-order valence-electron chi connectivity index (χ3n) is 6.15. The Hall–Kier alpha value is -3.64. The number of hydrogen-bond donors (Lipinski definition) is 1. The van der Waals surface area contributed by atoms with Crippen LogP contribution < -0.4 is 5.32 Å². The quantitative estimate of drug-likeness (QED) is 0.535. The molecule has 1 fully saturated rings. The molecular formula is C26H27N5O. The van der Waals surface area contributed by atoms with Crippen molar-refractivity contribution in [1.82, 2.24) is 24.5 Å². The van der Waals surface area contributed by atoms with Gasteiger partial charge in [0, 0.05) is 51.5 Å². The highest BCUT2D eigenvalue weighted by atomic mass is 16.2. The molecule has 2 aromatic heterocycles. The lowest BCUT2D eigenvalue weighted by Gasteiger charge is -2.34. The maximum absolute atomic E-state index is 11.7. The van der Waals surface area contributed by atoms with Crippen LogP contribution in [0.3, 0.4) is 0 Å². The van der Waals surface area contributed by atoms with Crippen molar-refractivity contribution in [3.63, 3.8) is 0 Å². The van der Waals surface area contributed by atoms with Gasteiger partial charge in [0.25, 0.3) is 0 Å². The Morgan fingerprint density at radius 2 is 1.66 bits per heavy atom. The van der Waals surface area contributed by atoms with Crippen molar-refractivity contribution in [2.45, 2.75) is 6.54 Å². The zero-order valence-corrected chi connectivity index (χ0v) is 18.2. The monoisotopic (exact) mass is 425 g/mol. The van der Waals surface area contributed by atoms with Crippen molar-refractivity contribution in [2.75, 3.05) is 33.2 Å². The van der Waals surface area contributed by atoms with Crippen molar-refractivity contribution in [3.8, 4) is 22.4 Å². The van der Waals surface area contributed by atoms with Gasteiger partial charge in [-0.25, -0.2) is 9.78 Å². The van der Waals surface area contributed by atoms with Gasteiger partial charge in [-0.3, -0.25) is 9.30 Å². The summed E-state index contributed by atoms with van der Waals surface area (Å²) in [4.78, 5) is 20.6. The minimum atomic E-state index is 0.0133. The van der Waals surface area contributed by atoms with Gasteiger partial charge in [0.1, 0.15) is 5.65 Å². The van der Waals surface area contributed by atoms with Crippen molar-refractivity contribution < 1.29 is 4.79 Å². The van der Waals surface area contributed by atoms with Gasteiger partial charge < -0.3 is 10.2 Å². The van der Waals surface area contributed by atoms with E-state index in [1.54, 1.807) is 7.05 Å². The molecule has 1 aliphatic heterocycles. The Kier molecular flexibility index (Phi) is 5.60. The molecule has 0 saturated carbocycles. The van der Waals surface area contributed by atoms with Crippen LogP contribution in [0.25, 0.3) is 28.0 Å². The number of imidazole rings is 1. The number of pyridine rings is 1. The van der Waals surface area contributed by atoms with E-state index in [1.807, 2.05) is 29.3 Å². The Bertz CT molecular complexity index is 1210. The van der Waals surface area contributed by atoms with Gasteiger partial charge in [-0.15, -0.1) is 0 Å². The van der Waals surface area contributed by atoms with E-state index in [0.29, 0.717) is 0 Å². The largest absolute Gasteiger partial charge is 0.341 e. The molecular weight excluding hydrogens is 398 g/mol. The Morgan fingerprint density at radius 1 is 0.906 bits per heavy atom. The van der Waals surface area contributed by atoms with Crippen molar-refractivity contribution >= 4 is 11.7 Å². The zero-order valence-electron chi connectivity index (χ0n) is 18.2. The van der Waals surface area contributed by atoms with Gasteiger partial charge >= 0.3 is 6.03 Å². The van der Waals surface area contributed by atoms with Crippen molar-refractivity contribution in [1.29, 1.82) is 0 Å². The predicted octanol–water partition coefficient (Wildman–Crippen LogP) is 4.13. The average Bonchev–Trinajstić information content (AvgIpc) is 3.28. The van der Waals surface area contributed by atoms with Gasteiger partial charge in [0.15, 0.2) is 0 Å². The number of nitrogens with one attached hydrogen (secondary N) is 1.